The van der Waals surface area contributed by atoms with Gasteiger partial charge in [0.05, 0.1) is 32.3 Å². The minimum absolute atomic E-state index is 0.0375. The molecular formula is C26H38N2O9. The number of benzene rings is 1. The van der Waals surface area contributed by atoms with Gasteiger partial charge in [0.2, 0.25) is 11.8 Å². The molecule has 1 aromatic carbocycles. The van der Waals surface area contributed by atoms with Crippen molar-refractivity contribution < 1.29 is 43.9 Å². The molecule has 206 valence electrons. The first-order valence-electron chi connectivity index (χ1n) is 12.6. The second-order valence-corrected chi connectivity index (χ2v) is 8.79. The minimum Gasteiger partial charge on any atom is -0.493 e. The zero-order valence-electron chi connectivity index (χ0n) is 21.6. The van der Waals surface area contributed by atoms with Crippen LogP contribution in [0.4, 0.5) is 0 Å². The Morgan fingerprint density at radius 3 is 2.57 bits per heavy atom. The first kappa shape index (κ1) is 28.9. The second kappa shape index (κ2) is 13.7. The molecule has 1 aromatic rings. The Morgan fingerprint density at radius 2 is 1.92 bits per heavy atom. The van der Waals surface area contributed by atoms with Gasteiger partial charge in [-0.1, -0.05) is 0 Å². The van der Waals surface area contributed by atoms with E-state index in [9.17, 15) is 24.9 Å². The van der Waals surface area contributed by atoms with Gasteiger partial charge in [-0.2, -0.15) is 0 Å². The van der Waals surface area contributed by atoms with Crippen LogP contribution in [-0.2, 0) is 25.7 Å². The summed E-state index contributed by atoms with van der Waals surface area (Å²) in [5.74, 6) is -0.706. The molecule has 0 spiro atoms. The third kappa shape index (κ3) is 6.42. The van der Waals surface area contributed by atoms with E-state index in [2.05, 4.69) is 5.32 Å². The quantitative estimate of drug-likeness (QED) is 0.250. The SMILES string of the molecule is CCOCCCN(C(=O)COCC)C1C=C(C(=O)NCCO)C2c3cc(CO)cc(OC)c3OC2C1O. The van der Waals surface area contributed by atoms with Crippen molar-refractivity contribution in [3.63, 3.8) is 0 Å². The number of nitrogens with one attached hydrogen (secondary N) is 1. The molecular weight excluding hydrogens is 484 g/mol. The normalized spacial score (nSPS) is 21.9. The standard InChI is InChI=1S/C26H38N2O9/c1-4-35-10-6-8-28(21(31)15-36-5-2)19-13-18(26(33)27-7-9-29)22-17-11-16(14-30)12-20(34-3)24(17)37-25(22)23(19)32/h11-13,19,22-23,25,29-30,32H,4-10,14-15H2,1-3H3,(H,27,33). The molecule has 0 saturated heterocycles. The molecule has 4 atom stereocenters. The Balaban J connectivity index is 2.05. The molecule has 1 aliphatic heterocycles. The minimum atomic E-state index is -1.17. The van der Waals surface area contributed by atoms with E-state index >= 15 is 0 Å². The molecule has 0 bridgehead atoms. The van der Waals surface area contributed by atoms with E-state index in [4.69, 9.17) is 18.9 Å². The lowest BCUT2D eigenvalue weighted by Gasteiger charge is -2.40. The molecule has 2 amide bonds. The van der Waals surface area contributed by atoms with Gasteiger partial charge in [-0.3, -0.25) is 9.59 Å². The molecule has 4 N–H and O–H groups in total. The smallest absolute Gasteiger partial charge is 0.249 e. The van der Waals surface area contributed by atoms with Gasteiger partial charge in [0, 0.05) is 44.0 Å². The second-order valence-electron chi connectivity index (χ2n) is 8.79. The Bertz CT molecular complexity index is 968. The van der Waals surface area contributed by atoms with Gasteiger partial charge in [-0.15, -0.1) is 0 Å². The molecule has 0 radical (unpaired) electrons. The molecule has 1 aliphatic carbocycles. The van der Waals surface area contributed by atoms with Crippen LogP contribution in [0.5, 0.6) is 11.5 Å². The Hall–Kier alpha value is -2.70. The third-order valence-corrected chi connectivity index (χ3v) is 6.50. The van der Waals surface area contributed by atoms with Gasteiger partial charge in [-0.25, -0.2) is 0 Å². The molecule has 1 heterocycles. The number of nitrogens with zero attached hydrogens (tertiary/aromatic N) is 1. The number of rotatable bonds is 14. The maximum absolute atomic E-state index is 13.3. The van der Waals surface area contributed by atoms with E-state index in [-0.39, 0.29) is 38.8 Å². The molecule has 0 aromatic heterocycles. The molecule has 37 heavy (non-hydrogen) atoms. The van der Waals surface area contributed by atoms with Crippen molar-refractivity contribution in [2.75, 3.05) is 53.2 Å². The van der Waals surface area contributed by atoms with Crippen molar-refractivity contribution >= 4 is 11.8 Å². The van der Waals surface area contributed by atoms with E-state index in [1.165, 1.54) is 12.0 Å². The molecule has 0 fully saturated rings. The number of ether oxygens (including phenoxy) is 4. The van der Waals surface area contributed by atoms with Gasteiger partial charge in [0.1, 0.15) is 18.8 Å². The largest absolute Gasteiger partial charge is 0.493 e. The van der Waals surface area contributed by atoms with Crippen LogP contribution in [0.15, 0.2) is 23.8 Å². The fourth-order valence-electron chi connectivity index (χ4n) is 4.81. The Labute approximate surface area is 216 Å². The summed E-state index contributed by atoms with van der Waals surface area (Å²) >= 11 is 0. The molecule has 0 saturated carbocycles. The summed E-state index contributed by atoms with van der Waals surface area (Å²) in [7, 11) is 1.47. The van der Waals surface area contributed by atoms with E-state index in [0.29, 0.717) is 54.4 Å². The lowest BCUT2D eigenvalue weighted by molar-refractivity contribution is -0.142. The van der Waals surface area contributed by atoms with Gasteiger partial charge in [0.15, 0.2) is 11.5 Å². The molecule has 4 unspecified atom stereocenters. The Kier molecular flexibility index (Phi) is 10.7. The topological polar surface area (TPSA) is 147 Å². The summed E-state index contributed by atoms with van der Waals surface area (Å²) in [5.41, 5.74) is 1.46. The van der Waals surface area contributed by atoms with Crippen molar-refractivity contribution in [3.05, 3.63) is 34.9 Å². The van der Waals surface area contributed by atoms with Crippen LogP contribution in [0, 0.1) is 0 Å². The van der Waals surface area contributed by atoms with Gasteiger partial charge in [-0.05, 0) is 44.0 Å². The van der Waals surface area contributed by atoms with Crippen LogP contribution >= 0.6 is 0 Å². The molecule has 11 heteroatoms. The summed E-state index contributed by atoms with van der Waals surface area (Å²) in [4.78, 5) is 27.9. The Morgan fingerprint density at radius 1 is 1.16 bits per heavy atom. The fraction of sp³-hybridized carbons (Fsp3) is 0.615. The highest BCUT2D eigenvalue weighted by molar-refractivity contribution is 5.96. The summed E-state index contributed by atoms with van der Waals surface area (Å²) in [5, 5.41) is 33.2. The number of amides is 2. The summed E-state index contributed by atoms with van der Waals surface area (Å²) in [6.07, 6.45) is 0.0563. The summed E-state index contributed by atoms with van der Waals surface area (Å²) in [6.45, 7) is 4.65. The number of methoxy groups -OCH3 is 1. The highest BCUT2D eigenvalue weighted by Gasteiger charge is 2.51. The van der Waals surface area contributed by atoms with Crippen LogP contribution in [0.3, 0.4) is 0 Å². The maximum atomic E-state index is 13.3. The van der Waals surface area contributed by atoms with E-state index in [0.717, 1.165) is 0 Å². The predicted octanol–water partition coefficient (Wildman–Crippen LogP) is 0.102. The van der Waals surface area contributed by atoms with E-state index < -0.39 is 30.1 Å². The lowest BCUT2D eigenvalue weighted by Crippen LogP contribution is -2.56. The van der Waals surface area contributed by atoms with E-state index in [1.54, 1.807) is 25.1 Å². The van der Waals surface area contributed by atoms with Crippen LogP contribution < -0.4 is 14.8 Å². The van der Waals surface area contributed by atoms with Crippen molar-refractivity contribution in [3.8, 4) is 11.5 Å². The average Bonchev–Trinajstić information content (AvgIpc) is 3.30. The van der Waals surface area contributed by atoms with Gasteiger partial charge in [0.25, 0.3) is 0 Å². The zero-order chi connectivity index (χ0) is 26.9. The molecule has 3 rings (SSSR count). The first-order valence-corrected chi connectivity index (χ1v) is 12.6. The maximum Gasteiger partial charge on any atom is 0.249 e. The number of hydrogen-bond acceptors (Lipinski definition) is 9. The average molecular weight is 523 g/mol. The van der Waals surface area contributed by atoms with Gasteiger partial charge < -0.3 is 44.5 Å². The van der Waals surface area contributed by atoms with Crippen molar-refractivity contribution in [1.29, 1.82) is 0 Å². The van der Waals surface area contributed by atoms with Gasteiger partial charge >= 0.3 is 0 Å². The fourth-order valence-corrected chi connectivity index (χ4v) is 4.81. The highest BCUT2D eigenvalue weighted by Crippen LogP contribution is 2.51. The van der Waals surface area contributed by atoms with E-state index in [1.807, 2.05) is 6.92 Å². The number of aliphatic hydroxyl groups excluding tert-OH is 3. The van der Waals surface area contributed by atoms with Crippen molar-refractivity contribution in [2.45, 2.75) is 51.0 Å². The zero-order valence-corrected chi connectivity index (χ0v) is 21.6. The number of carbonyl (C=O) groups excluding carboxylic acids is 2. The molecule has 11 nitrogen and oxygen atoms in total. The summed E-state index contributed by atoms with van der Waals surface area (Å²) in [6, 6.07) is 2.49. The predicted molar refractivity (Wildman–Crippen MR) is 133 cm³/mol. The highest BCUT2D eigenvalue weighted by atomic mass is 16.5. The van der Waals surface area contributed by atoms with Crippen molar-refractivity contribution in [1.82, 2.24) is 10.2 Å². The van der Waals surface area contributed by atoms with Crippen LogP contribution in [-0.4, -0.2) is 104 Å². The lowest BCUT2D eigenvalue weighted by atomic mass is 9.77. The first-order chi connectivity index (χ1) is 17.9. The monoisotopic (exact) mass is 522 g/mol. The van der Waals surface area contributed by atoms with Crippen molar-refractivity contribution in [2.24, 2.45) is 0 Å². The number of hydrogen-bond donors (Lipinski definition) is 4. The van der Waals surface area contributed by atoms with Crippen LogP contribution in [0.1, 0.15) is 37.3 Å². The number of aliphatic hydroxyl groups is 3. The number of carbonyl (C=O) groups is 2. The molecule has 2 aliphatic rings. The van der Waals surface area contributed by atoms with Crippen LogP contribution in [0.2, 0.25) is 0 Å². The van der Waals surface area contributed by atoms with Crippen LogP contribution in [0.25, 0.3) is 0 Å². The number of fused-ring (bicyclic) bond motifs is 3. The third-order valence-electron chi connectivity index (χ3n) is 6.50. The summed E-state index contributed by atoms with van der Waals surface area (Å²) < 4.78 is 22.4.